The van der Waals surface area contributed by atoms with Crippen LogP contribution in [0.4, 0.5) is 10.1 Å². The lowest BCUT2D eigenvalue weighted by Crippen LogP contribution is -2.16. The molecule has 4 nitrogen and oxygen atoms in total. The fourth-order valence-corrected chi connectivity index (χ4v) is 2.40. The molecule has 20 heavy (non-hydrogen) atoms. The summed E-state index contributed by atoms with van der Waals surface area (Å²) in [5.41, 5.74) is 1.34. The predicted molar refractivity (Wildman–Crippen MR) is 74.0 cm³/mol. The van der Waals surface area contributed by atoms with E-state index in [1.807, 2.05) is 13.8 Å². The fourth-order valence-electron chi connectivity index (χ4n) is 2.40. The SMILES string of the molecule is C/C1=C/CC[C@H](C)O[C@H](c2ccc(F)c([N+](=O)[O-])c2)C1. The van der Waals surface area contributed by atoms with E-state index in [1.54, 1.807) is 6.07 Å². The third-order valence-corrected chi connectivity index (χ3v) is 3.51. The first kappa shape index (κ1) is 14.7. The maximum absolute atomic E-state index is 13.4. The number of benzene rings is 1. The largest absolute Gasteiger partial charge is 0.370 e. The molecule has 0 fully saturated rings. The van der Waals surface area contributed by atoms with Gasteiger partial charge in [-0.25, -0.2) is 0 Å². The Morgan fingerprint density at radius 2 is 2.20 bits per heavy atom. The molecular weight excluding hydrogens is 261 g/mol. The second-order valence-electron chi connectivity index (χ2n) is 5.24. The Morgan fingerprint density at radius 3 is 2.90 bits per heavy atom. The Hall–Kier alpha value is -1.75. The van der Waals surface area contributed by atoms with Gasteiger partial charge in [-0.05, 0) is 44.7 Å². The minimum atomic E-state index is -0.815. The van der Waals surface area contributed by atoms with Crippen LogP contribution in [-0.2, 0) is 4.74 Å². The Kier molecular flexibility index (Phi) is 4.49. The van der Waals surface area contributed by atoms with E-state index in [2.05, 4.69) is 6.08 Å². The molecule has 0 unspecified atom stereocenters. The van der Waals surface area contributed by atoms with Crippen molar-refractivity contribution in [2.75, 3.05) is 0 Å². The molecule has 2 rings (SSSR count). The first-order valence-corrected chi connectivity index (χ1v) is 6.72. The zero-order valence-electron chi connectivity index (χ0n) is 11.6. The molecule has 0 bridgehead atoms. The van der Waals surface area contributed by atoms with E-state index in [0.717, 1.165) is 18.9 Å². The molecular formula is C15H18FNO3. The van der Waals surface area contributed by atoms with Crippen molar-refractivity contribution in [2.24, 2.45) is 0 Å². The molecule has 1 aliphatic rings. The summed E-state index contributed by atoms with van der Waals surface area (Å²) < 4.78 is 19.3. The Bertz CT molecular complexity index is 542. The number of hydrogen-bond acceptors (Lipinski definition) is 3. The van der Waals surface area contributed by atoms with Gasteiger partial charge in [0.05, 0.1) is 17.1 Å². The second kappa shape index (κ2) is 6.13. The predicted octanol–water partition coefficient (Wildman–Crippen LogP) is 4.31. The quantitative estimate of drug-likeness (QED) is 0.460. The van der Waals surface area contributed by atoms with Gasteiger partial charge in [0.2, 0.25) is 5.82 Å². The third kappa shape index (κ3) is 3.42. The van der Waals surface area contributed by atoms with Gasteiger partial charge in [-0.15, -0.1) is 0 Å². The van der Waals surface area contributed by atoms with Gasteiger partial charge in [0, 0.05) is 6.07 Å². The molecule has 5 heteroatoms. The molecule has 0 amide bonds. The molecule has 1 heterocycles. The molecule has 1 aromatic carbocycles. The smallest absolute Gasteiger partial charge is 0.305 e. The number of nitro groups is 1. The van der Waals surface area contributed by atoms with Crippen LogP contribution in [-0.4, -0.2) is 11.0 Å². The molecule has 0 saturated carbocycles. The molecule has 0 spiro atoms. The summed E-state index contributed by atoms with van der Waals surface area (Å²) >= 11 is 0. The highest BCUT2D eigenvalue weighted by Crippen LogP contribution is 2.32. The highest BCUT2D eigenvalue weighted by atomic mass is 19.1. The average Bonchev–Trinajstić information content (AvgIpc) is 2.36. The topological polar surface area (TPSA) is 52.4 Å². The van der Waals surface area contributed by atoms with Crippen molar-refractivity contribution in [2.45, 2.75) is 45.3 Å². The van der Waals surface area contributed by atoms with Crippen LogP contribution in [0.15, 0.2) is 29.8 Å². The Labute approximate surface area is 117 Å². The van der Waals surface area contributed by atoms with E-state index in [4.69, 9.17) is 4.74 Å². The molecule has 1 aliphatic heterocycles. The standard InChI is InChI=1S/C15H18FNO3/c1-10-4-3-5-11(2)20-15(8-10)12-6-7-13(16)14(9-12)17(18)19/h4,6-7,9,11,15H,3,5,8H2,1-2H3/b10-4-/t11-,15-/m0/s1. The first-order valence-electron chi connectivity index (χ1n) is 6.72. The lowest BCUT2D eigenvalue weighted by molar-refractivity contribution is -0.387. The van der Waals surface area contributed by atoms with Gasteiger partial charge in [-0.2, -0.15) is 4.39 Å². The van der Waals surface area contributed by atoms with Gasteiger partial charge < -0.3 is 4.74 Å². The number of hydrogen-bond donors (Lipinski definition) is 0. The van der Waals surface area contributed by atoms with Gasteiger partial charge in [-0.1, -0.05) is 17.7 Å². The van der Waals surface area contributed by atoms with E-state index in [1.165, 1.54) is 11.6 Å². The van der Waals surface area contributed by atoms with Crippen molar-refractivity contribution in [3.8, 4) is 0 Å². The van der Waals surface area contributed by atoms with Crippen LogP contribution >= 0.6 is 0 Å². The van der Waals surface area contributed by atoms with Crippen molar-refractivity contribution in [1.29, 1.82) is 0 Å². The number of ether oxygens (including phenoxy) is 1. The number of halogens is 1. The Balaban J connectivity index is 2.33. The molecule has 2 atom stereocenters. The van der Waals surface area contributed by atoms with E-state index < -0.39 is 16.4 Å². The van der Waals surface area contributed by atoms with Crippen LogP contribution in [0, 0.1) is 15.9 Å². The summed E-state index contributed by atoms with van der Waals surface area (Å²) in [5.74, 6) is -0.815. The maximum atomic E-state index is 13.4. The minimum absolute atomic E-state index is 0.0773. The van der Waals surface area contributed by atoms with Crippen LogP contribution in [0.2, 0.25) is 0 Å². The van der Waals surface area contributed by atoms with Crippen LogP contribution in [0.1, 0.15) is 44.8 Å². The summed E-state index contributed by atoms with van der Waals surface area (Å²) in [5, 5.41) is 10.8. The van der Waals surface area contributed by atoms with Crippen LogP contribution in [0.5, 0.6) is 0 Å². The van der Waals surface area contributed by atoms with Gasteiger partial charge in [0.1, 0.15) is 0 Å². The van der Waals surface area contributed by atoms with Crippen molar-refractivity contribution in [3.63, 3.8) is 0 Å². The summed E-state index contributed by atoms with van der Waals surface area (Å²) in [6.07, 6.45) is 4.55. The normalized spacial score (nSPS) is 26.2. The zero-order chi connectivity index (χ0) is 14.7. The molecule has 0 radical (unpaired) electrons. The highest BCUT2D eigenvalue weighted by molar-refractivity contribution is 5.37. The summed E-state index contributed by atoms with van der Waals surface area (Å²) in [6, 6.07) is 3.98. The number of nitrogens with zero attached hydrogens (tertiary/aromatic N) is 1. The van der Waals surface area contributed by atoms with Crippen molar-refractivity contribution in [3.05, 3.63) is 51.3 Å². The molecule has 0 aliphatic carbocycles. The van der Waals surface area contributed by atoms with Gasteiger partial charge in [0.15, 0.2) is 0 Å². The Morgan fingerprint density at radius 1 is 1.45 bits per heavy atom. The van der Waals surface area contributed by atoms with Crippen LogP contribution < -0.4 is 0 Å². The van der Waals surface area contributed by atoms with E-state index >= 15 is 0 Å². The van der Waals surface area contributed by atoms with Gasteiger partial charge in [-0.3, -0.25) is 10.1 Å². The van der Waals surface area contributed by atoms with Crippen molar-refractivity contribution in [1.82, 2.24) is 0 Å². The van der Waals surface area contributed by atoms with E-state index in [0.29, 0.717) is 12.0 Å². The maximum Gasteiger partial charge on any atom is 0.305 e. The lowest BCUT2D eigenvalue weighted by atomic mass is 9.98. The average molecular weight is 279 g/mol. The molecule has 0 aromatic heterocycles. The monoisotopic (exact) mass is 279 g/mol. The van der Waals surface area contributed by atoms with Crippen molar-refractivity contribution < 1.29 is 14.1 Å². The number of nitro benzene ring substituents is 1. The van der Waals surface area contributed by atoms with Gasteiger partial charge in [0.25, 0.3) is 0 Å². The molecule has 0 saturated heterocycles. The number of rotatable bonds is 2. The fraction of sp³-hybridized carbons (Fsp3) is 0.467. The second-order valence-corrected chi connectivity index (χ2v) is 5.24. The summed E-state index contributed by atoms with van der Waals surface area (Å²) in [4.78, 5) is 10.1. The molecule has 108 valence electrons. The number of allylic oxidation sites excluding steroid dienone is 1. The van der Waals surface area contributed by atoms with Crippen LogP contribution in [0.25, 0.3) is 0 Å². The van der Waals surface area contributed by atoms with Crippen molar-refractivity contribution >= 4 is 5.69 Å². The molecule has 0 N–H and O–H groups in total. The van der Waals surface area contributed by atoms with E-state index in [-0.39, 0.29) is 12.2 Å². The molecule has 1 aromatic rings. The third-order valence-electron chi connectivity index (χ3n) is 3.51. The lowest BCUT2D eigenvalue weighted by Gasteiger charge is -2.25. The van der Waals surface area contributed by atoms with Crippen LogP contribution in [0.3, 0.4) is 0 Å². The summed E-state index contributed by atoms with van der Waals surface area (Å²) in [7, 11) is 0. The van der Waals surface area contributed by atoms with Gasteiger partial charge >= 0.3 is 5.69 Å². The summed E-state index contributed by atoms with van der Waals surface area (Å²) in [6.45, 7) is 4.00. The zero-order valence-corrected chi connectivity index (χ0v) is 11.6. The first-order chi connectivity index (χ1) is 9.47. The highest BCUT2D eigenvalue weighted by Gasteiger charge is 2.22. The minimum Gasteiger partial charge on any atom is -0.370 e. The van der Waals surface area contributed by atoms with E-state index in [9.17, 15) is 14.5 Å².